The summed E-state index contributed by atoms with van der Waals surface area (Å²) in [5, 5.41) is 12.7. The van der Waals surface area contributed by atoms with Crippen LogP contribution in [-0.4, -0.2) is 39.2 Å². The molecule has 8 nitrogen and oxygen atoms in total. The predicted octanol–water partition coefficient (Wildman–Crippen LogP) is 1.01. The highest BCUT2D eigenvalue weighted by Gasteiger charge is 2.36. The fourth-order valence-corrected chi connectivity index (χ4v) is 3.00. The number of carbonyl (C=O) groups excluding carboxylic acids is 1. The topological polar surface area (TPSA) is 123 Å². The lowest BCUT2D eigenvalue weighted by Crippen LogP contribution is -2.41. The fraction of sp³-hybridized carbons (Fsp3) is 0.412. The number of rotatable bonds is 5. The summed E-state index contributed by atoms with van der Waals surface area (Å²) < 4.78 is 5.08. The van der Waals surface area contributed by atoms with Crippen molar-refractivity contribution in [2.75, 3.05) is 12.8 Å². The molecule has 1 fully saturated rings. The van der Waals surface area contributed by atoms with Crippen molar-refractivity contribution in [1.29, 1.82) is 0 Å². The Bertz CT molecular complexity index is 759. The number of carbonyl (C=O) groups is 1. The smallest absolute Gasteiger partial charge is 0.255 e. The summed E-state index contributed by atoms with van der Waals surface area (Å²) in [5.41, 5.74) is 7.30. The van der Waals surface area contributed by atoms with Gasteiger partial charge in [-0.05, 0) is 31.2 Å². The van der Waals surface area contributed by atoms with Crippen molar-refractivity contribution in [2.45, 2.75) is 31.9 Å². The molecule has 0 unspecified atom stereocenters. The normalized spacial score (nSPS) is 20.4. The Morgan fingerprint density at radius 1 is 1.36 bits per heavy atom. The van der Waals surface area contributed by atoms with Crippen molar-refractivity contribution < 1.29 is 14.6 Å². The average Bonchev–Trinajstić information content (AvgIpc) is 2.57. The molecular weight excluding hydrogens is 322 g/mol. The number of nitrogen functional groups attached to an aromatic ring is 1. The number of amides is 1. The standard InChI is InChI=1S/C17H21N5O3/c1-9-13(8-20-17(18)21-9)16(24)22-15(11-5-12(23)6-11)10-3-4-14(25-2)19-7-10/h3-4,7-8,11-12,15,23H,5-6H2,1-2H3,(H,22,24)(H2,18,20,21)/t11?,12?,15-/m0/s1. The van der Waals surface area contributed by atoms with E-state index in [-0.39, 0.29) is 29.9 Å². The Balaban J connectivity index is 1.83. The van der Waals surface area contributed by atoms with E-state index in [0.717, 1.165) is 5.56 Å². The molecular formula is C17H21N5O3. The van der Waals surface area contributed by atoms with Crippen LogP contribution in [0.2, 0.25) is 0 Å². The molecule has 3 rings (SSSR count). The zero-order valence-electron chi connectivity index (χ0n) is 14.1. The largest absolute Gasteiger partial charge is 0.481 e. The van der Waals surface area contributed by atoms with E-state index in [9.17, 15) is 9.90 Å². The van der Waals surface area contributed by atoms with E-state index in [1.54, 1.807) is 26.3 Å². The summed E-state index contributed by atoms with van der Waals surface area (Å²) >= 11 is 0. The van der Waals surface area contributed by atoms with Crippen molar-refractivity contribution in [2.24, 2.45) is 5.92 Å². The van der Waals surface area contributed by atoms with Crippen LogP contribution in [0.25, 0.3) is 0 Å². The van der Waals surface area contributed by atoms with Crippen LogP contribution in [0.15, 0.2) is 24.5 Å². The van der Waals surface area contributed by atoms with Crippen LogP contribution in [0.5, 0.6) is 5.88 Å². The lowest BCUT2D eigenvalue weighted by atomic mass is 9.75. The van der Waals surface area contributed by atoms with Gasteiger partial charge in [0.25, 0.3) is 5.91 Å². The molecule has 1 amide bonds. The summed E-state index contributed by atoms with van der Waals surface area (Å²) in [4.78, 5) is 24.8. The van der Waals surface area contributed by atoms with Crippen LogP contribution >= 0.6 is 0 Å². The zero-order valence-corrected chi connectivity index (χ0v) is 14.1. The summed E-state index contributed by atoms with van der Waals surface area (Å²) in [6, 6.07) is 3.36. The molecule has 132 valence electrons. The Labute approximate surface area is 145 Å². The number of nitrogens with two attached hydrogens (primary N) is 1. The first kappa shape index (κ1) is 17.1. The first-order valence-corrected chi connectivity index (χ1v) is 8.06. The van der Waals surface area contributed by atoms with E-state index in [1.165, 1.54) is 6.20 Å². The summed E-state index contributed by atoms with van der Waals surface area (Å²) in [6.45, 7) is 1.71. The molecule has 1 aliphatic carbocycles. The Morgan fingerprint density at radius 3 is 2.68 bits per heavy atom. The summed E-state index contributed by atoms with van der Waals surface area (Å²) in [7, 11) is 1.55. The molecule has 0 radical (unpaired) electrons. The number of hydrogen-bond donors (Lipinski definition) is 3. The molecule has 0 aromatic carbocycles. The van der Waals surface area contributed by atoms with Gasteiger partial charge in [-0.15, -0.1) is 0 Å². The number of nitrogens with zero attached hydrogens (tertiary/aromatic N) is 3. The SMILES string of the molecule is COc1ccc([C@H](NC(=O)c2cnc(N)nc2C)C2CC(O)C2)cn1. The third-order valence-corrected chi connectivity index (χ3v) is 4.48. The molecule has 0 bridgehead atoms. The maximum absolute atomic E-state index is 12.7. The van der Waals surface area contributed by atoms with E-state index >= 15 is 0 Å². The molecule has 25 heavy (non-hydrogen) atoms. The van der Waals surface area contributed by atoms with Gasteiger partial charge in [0.2, 0.25) is 11.8 Å². The van der Waals surface area contributed by atoms with Crippen LogP contribution in [0.4, 0.5) is 5.95 Å². The van der Waals surface area contributed by atoms with Gasteiger partial charge in [-0.2, -0.15) is 0 Å². The number of methoxy groups -OCH3 is 1. The number of aromatic nitrogens is 3. The predicted molar refractivity (Wildman–Crippen MR) is 90.9 cm³/mol. The first-order valence-electron chi connectivity index (χ1n) is 8.06. The van der Waals surface area contributed by atoms with Crippen LogP contribution in [0.3, 0.4) is 0 Å². The van der Waals surface area contributed by atoms with Crippen molar-refractivity contribution >= 4 is 11.9 Å². The third-order valence-electron chi connectivity index (χ3n) is 4.48. The lowest BCUT2D eigenvalue weighted by molar-refractivity contribution is 0.0234. The number of ether oxygens (including phenoxy) is 1. The lowest BCUT2D eigenvalue weighted by Gasteiger charge is -2.38. The highest BCUT2D eigenvalue weighted by Crippen LogP contribution is 2.38. The number of nitrogens with one attached hydrogen (secondary N) is 1. The molecule has 4 N–H and O–H groups in total. The summed E-state index contributed by atoms with van der Waals surface area (Å²) in [5.74, 6) is 0.501. The first-order chi connectivity index (χ1) is 12.0. The third kappa shape index (κ3) is 3.69. The number of aryl methyl sites for hydroxylation is 1. The van der Waals surface area contributed by atoms with Crippen molar-refractivity contribution in [3.63, 3.8) is 0 Å². The average molecular weight is 343 g/mol. The molecule has 8 heteroatoms. The number of anilines is 1. The van der Waals surface area contributed by atoms with Crippen molar-refractivity contribution in [3.05, 3.63) is 41.3 Å². The van der Waals surface area contributed by atoms with Gasteiger partial charge in [0.05, 0.1) is 30.5 Å². The van der Waals surface area contributed by atoms with Crippen LogP contribution in [0.1, 0.15) is 40.5 Å². The molecule has 2 heterocycles. The second-order valence-corrected chi connectivity index (χ2v) is 6.20. The monoisotopic (exact) mass is 343 g/mol. The van der Waals surface area contributed by atoms with Gasteiger partial charge in [0, 0.05) is 18.5 Å². The molecule has 1 saturated carbocycles. The van der Waals surface area contributed by atoms with Gasteiger partial charge in [-0.1, -0.05) is 6.07 Å². The molecule has 1 atom stereocenters. The van der Waals surface area contributed by atoms with Gasteiger partial charge in [-0.25, -0.2) is 15.0 Å². The fourth-order valence-electron chi connectivity index (χ4n) is 3.00. The second-order valence-electron chi connectivity index (χ2n) is 6.20. The number of hydrogen-bond acceptors (Lipinski definition) is 7. The van der Waals surface area contributed by atoms with Gasteiger partial charge in [-0.3, -0.25) is 4.79 Å². The van der Waals surface area contributed by atoms with Gasteiger partial charge in [0.15, 0.2) is 0 Å². The molecule has 2 aromatic heterocycles. The van der Waals surface area contributed by atoms with Gasteiger partial charge in [0.1, 0.15) is 0 Å². The van der Waals surface area contributed by atoms with E-state index in [4.69, 9.17) is 10.5 Å². The molecule has 0 spiro atoms. The minimum absolute atomic E-state index is 0.132. The van der Waals surface area contributed by atoms with Crippen molar-refractivity contribution in [3.8, 4) is 5.88 Å². The molecule has 2 aromatic rings. The quantitative estimate of drug-likeness (QED) is 0.740. The maximum atomic E-state index is 12.7. The summed E-state index contributed by atoms with van der Waals surface area (Å²) in [6.07, 6.45) is 4.05. The van der Waals surface area contributed by atoms with Gasteiger partial charge < -0.3 is 20.9 Å². The van der Waals surface area contributed by atoms with Crippen LogP contribution in [-0.2, 0) is 0 Å². The highest BCUT2D eigenvalue weighted by atomic mass is 16.5. The zero-order chi connectivity index (χ0) is 18.0. The van der Waals surface area contributed by atoms with E-state index in [1.807, 2.05) is 6.07 Å². The van der Waals surface area contributed by atoms with E-state index in [0.29, 0.717) is 30.0 Å². The van der Waals surface area contributed by atoms with Crippen LogP contribution in [0, 0.1) is 12.8 Å². The van der Waals surface area contributed by atoms with Gasteiger partial charge >= 0.3 is 0 Å². The van der Waals surface area contributed by atoms with E-state index < -0.39 is 0 Å². The number of aliphatic hydroxyl groups is 1. The number of pyridine rings is 1. The Morgan fingerprint density at radius 2 is 2.12 bits per heavy atom. The molecule has 0 aliphatic heterocycles. The van der Waals surface area contributed by atoms with E-state index in [2.05, 4.69) is 20.3 Å². The minimum atomic E-state index is -0.322. The Hall–Kier alpha value is -2.74. The van der Waals surface area contributed by atoms with Crippen molar-refractivity contribution in [1.82, 2.24) is 20.3 Å². The maximum Gasteiger partial charge on any atom is 0.255 e. The second kappa shape index (κ2) is 7.02. The highest BCUT2D eigenvalue weighted by molar-refractivity contribution is 5.95. The van der Waals surface area contributed by atoms with Crippen LogP contribution < -0.4 is 15.8 Å². The Kier molecular flexibility index (Phi) is 4.80. The minimum Gasteiger partial charge on any atom is -0.481 e. The molecule has 0 saturated heterocycles. The molecule has 1 aliphatic rings. The number of aliphatic hydroxyl groups excluding tert-OH is 1.